The van der Waals surface area contributed by atoms with E-state index in [9.17, 15) is 9.90 Å². The van der Waals surface area contributed by atoms with E-state index in [0.29, 0.717) is 37.5 Å². The lowest BCUT2D eigenvalue weighted by molar-refractivity contribution is -0.151. The molecule has 0 saturated heterocycles. The molecule has 32 heavy (non-hydrogen) atoms. The highest BCUT2D eigenvalue weighted by molar-refractivity contribution is 5.81. The lowest BCUT2D eigenvalue weighted by Gasteiger charge is -2.43. The highest BCUT2D eigenvalue weighted by atomic mass is 16.5. The van der Waals surface area contributed by atoms with Gasteiger partial charge in [0.1, 0.15) is 11.4 Å². The molecular weight excluding hydrogens is 402 g/mol. The normalized spacial score (nSPS) is 30.4. The summed E-state index contributed by atoms with van der Waals surface area (Å²) in [5.74, 6) is 3.15. The molecule has 4 fully saturated rings. The number of carbonyl (C=O) groups is 1. The summed E-state index contributed by atoms with van der Waals surface area (Å²) < 4.78 is 8.82. The Labute approximate surface area is 189 Å². The van der Waals surface area contributed by atoms with Gasteiger partial charge in [0.05, 0.1) is 12.0 Å². The van der Waals surface area contributed by atoms with Crippen LogP contribution in [0.1, 0.15) is 87.3 Å². The van der Waals surface area contributed by atoms with Gasteiger partial charge in [-0.2, -0.15) is 5.10 Å². The van der Waals surface area contributed by atoms with Crippen LogP contribution in [-0.2, 0) is 27.1 Å². The van der Waals surface area contributed by atoms with E-state index in [-0.39, 0.29) is 0 Å². The first-order valence-corrected chi connectivity index (χ1v) is 12.5. The van der Waals surface area contributed by atoms with Crippen molar-refractivity contribution in [2.24, 2.45) is 11.8 Å². The van der Waals surface area contributed by atoms with E-state index in [2.05, 4.69) is 4.68 Å². The monoisotopic (exact) mass is 435 g/mol. The molecule has 4 saturated carbocycles. The lowest BCUT2D eigenvalue weighted by Crippen LogP contribution is -2.46. The summed E-state index contributed by atoms with van der Waals surface area (Å²) in [5, 5.41) is 15.3. The molecular formula is C26H33N3O3. The number of hydrogen-bond acceptors (Lipinski definition) is 4. The smallest absolute Gasteiger partial charge is 0.314 e. The molecule has 6 rings (SSSR count). The van der Waals surface area contributed by atoms with Gasteiger partial charge in [0.25, 0.3) is 0 Å². The second kappa shape index (κ2) is 7.68. The summed E-state index contributed by atoms with van der Waals surface area (Å²) in [6.45, 7) is 1.71. The highest BCUT2D eigenvalue weighted by Gasteiger charge is 2.52. The number of aromatic nitrogens is 3. The standard InChI is InChI=1S/C26H33N3O3/c30-24(31)25(21-4-2-1-3-5-21)12-14-26(15-13-25,32-17-19-8-9-19)23-27-22(20-10-11-20)29(28-23)16-18-6-7-18/h1-5,18-20H,6-17H2,(H,30,31). The molecule has 1 N–H and O–H groups in total. The van der Waals surface area contributed by atoms with Crippen molar-refractivity contribution in [3.05, 3.63) is 47.5 Å². The summed E-state index contributed by atoms with van der Waals surface area (Å²) >= 11 is 0. The minimum atomic E-state index is -0.858. The van der Waals surface area contributed by atoms with E-state index >= 15 is 0 Å². The number of nitrogens with zero attached hydrogens (tertiary/aromatic N) is 3. The Morgan fingerprint density at radius 1 is 1.00 bits per heavy atom. The fraction of sp³-hybridized carbons (Fsp3) is 0.654. The van der Waals surface area contributed by atoms with Gasteiger partial charge in [-0.15, -0.1) is 0 Å². The predicted molar refractivity (Wildman–Crippen MR) is 119 cm³/mol. The molecule has 4 aliphatic rings. The molecule has 1 aromatic carbocycles. The molecule has 1 aromatic heterocycles. The molecule has 0 atom stereocenters. The Morgan fingerprint density at radius 2 is 1.69 bits per heavy atom. The van der Waals surface area contributed by atoms with Crippen LogP contribution in [0.3, 0.4) is 0 Å². The predicted octanol–water partition coefficient (Wildman–Crippen LogP) is 4.78. The van der Waals surface area contributed by atoms with Crippen molar-refractivity contribution in [2.75, 3.05) is 6.61 Å². The average Bonchev–Trinajstić information content (AvgIpc) is 3.67. The van der Waals surface area contributed by atoms with Crippen molar-refractivity contribution < 1.29 is 14.6 Å². The zero-order valence-electron chi connectivity index (χ0n) is 18.7. The molecule has 0 spiro atoms. The summed E-state index contributed by atoms with van der Waals surface area (Å²) in [6, 6.07) is 9.74. The Bertz CT molecular complexity index is 981. The van der Waals surface area contributed by atoms with Crippen LogP contribution in [0.5, 0.6) is 0 Å². The Kier molecular flexibility index (Phi) is 4.90. The van der Waals surface area contributed by atoms with Crippen LogP contribution < -0.4 is 0 Å². The topological polar surface area (TPSA) is 77.2 Å². The summed E-state index contributed by atoms with van der Waals surface area (Å²) in [7, 11) is 0. The van der Waals surface area contributed by atoms with E-state index in [1.165, 1.54) is 38.5 Å². The molecule has 170 valence electrons. The van der Waals surface area contributed by atoms with E-state index in [1.807, 2.05) is 30.3 Å². The van der Waals surface area contributed by atoms with Crippen molar-refractivity contribution in [2.45, 2.75) is 87.7 Å². The number of hydrogen-bond donors (Lipinski definition) is 1. The van der Waals surface area contributed by atoms with Gasteiger partial charge in [0.2, 0.25) is 0 Å². The SMILES string of the molecule is O=C(O)C1(c2ccccc2)CCC(OCC2CC2)(c2nc(C3CC3)n(CC3CC3)n2)CC1. The van der Waals surface area contributed by atoms with Gasteiger partial charge in [-0.3, -0.25) is 4.79 Å². The summed E-state index contributed by atoms with van der Waals surface area (Å²) in [6.07, 6.45) is 9.86. The van der Waals surface area contributed by atoms with Crippen molar-refractivity contribution >= 4 is 5.97 Å². The van der Waals surface area contributed by atoms with Crippen molar-refractivity contribution in [3.63, 3.8) is 0 Å². The Morgan fingerprint density at radius 3 is 2.28 bits per heavy atom. The van der Waals surface area contributed by atoms with Crippen LogP contribution in [0.4, 0.5) is 0 Å². The number of ether oxygens (including phenoxy) is 1. The number of aliphatic carboxylic acids is 1. The minimum Gasteiger partial charge on any atom is -0.481 e. The first-order valence-electron chi connectivity index (χ1n) is 12.5. The van der Waals surface area contributed by atoms with E-state index in [4.69, 9.17) is 14.8 Å². The fourth-order valence-corrected chi connectivity index (χ4v) is 5.33. The highest BCUT2D eigenvalue weighted by Crippen LogP contribution is 2.50. The van der Waals surface area contributed by atoms with Gasteiger partial charge >= 0.3 is 5.97 Å². The largest absolute Gasteiger partial charge is 0.481 e. The second-order valence-electron chi connectivity index (χ2n) is 10.7. The van der Waals surface area contributed by atoms with Gasteiger partial charge in [0, 0.05) is 12.5 Å². The van der Waals surface area contributed by atoms with Crippen LogP contribution in [0.15, 0.2) is 30.3 Å². The van der Waals surface area contributed by atoms with Crippen LogP contribution in [-0.4, -0.2) is 32.4 Å². The third-order valence-electron chi connectivity index (χ3n) is 8.12. The van der Waals surface area contributed by atoms with E-state index < -0.39 is 17.0 Å². The number of benzene rings is 1. The quantitative estimate of drug-likeness (QED) is 0.613. The summed E-state index contributed by atoms with van der Waals surface area (Å²) in [5.41, 5.74) is -0.521. The van der Waals surface area contributed by atoms with Crippen LogP contribution in [0, 0.1) is 11.8 Å². The minimum absolute atomic E-state index is 0.543. The van der Waals surface area contributed by atoms with Crippen LogP contribution >= 0.6 is 0 Å². The zero-order valence-corrected chi connectivity index (χ0v) is 18.7. The molecule has 0 unspecified atom stereocenters. The van der Waals surface area contributed by atoms with Crippen LogP contribution in [0.25, 0.3) is 0 Å². The van der Waals surface area contributed by atoms with Gasteiger partial charge in [-0.05, 0) is 81.6 Å². The van der Waals surface area contributed by atoms with Crippen LogP contribution in [0.2, 0.25) is 0 Å². The van der Waals surface area contributed by atoms with Crippen molar-refractivity contribution in [1.29, 1.82) is 0 Å². The molecule has 0 radical (unpaired) electrons. The molecule has 0 bridgehead atoms. The number of carboxylic acids is 1. The maximum Gasteiger partial charge on any atom is 0.314 e. The number of rotatable bonds is 9. The maximum atomic E-state index is 12.5. The average molecular weight is 436 g/mol. The third kappa shape index (κ3) is 3.76. The molecule has 6 nitrogen and oxygen atoms in total. The first-order chi connectivity index (χ1) is 15.6. The Balaban J connectivity index is 1.32. The molecule has 4 aliphatic carbocycles. The molecule has 1 heterocycles. The molecule has 0 amide bonds. The van der Waals surface area contributed by atoms with Gasteiger partial charge < -0.3 is 9.84 Å². The lowest BCUT2D eigenvalue weighted by atomic mass is 9.65. The van der Waals surface area contributed by atoms with E-state index in [0.717, 1.165) is 36.3 Å². The fourth-order valence-electron chi connectivity index (χ4n) is 5.33. The number of carboxylic acid groups (broad SMARTS) is 1. The van der Waals surface area contributed by atoms with Gasteiger partial charge in [0.15, 0.2) is 5.82 Å². The van der Waals surface area contributed by atoms with Gasteiger partial charge in [-0.25, -0.2) is 9.67 Å². The summed E-state index contributed by atoms with van der Waals surface area (Å²) in [4.78, 5) is 17.6. The van der Waals surface area contributed by atoms with Crippen molar-refractivity contribution in [1.82, 2.24) is 14.8 Å². The van der Waals surface area contributed by atoms with Gasteiger partial charge in [-0.1, -0.05) is 30.3 Å². The maximum absolute atomic E-state index is 12.5. The Hall–Kier alpha value is -2.21. The first kappa shape index (κ1) is 20.4. The molecule has 0 aliphatic heterocycles. The zero-order chi connectivity index (χ0) is 21.8. The molecule has 2 aromatic rings. The second-order valence-corrected chi connectivity index (χ2v) is 10.7. The van der Waals surface area contributed by atoms with E-state index in [1.54, 1.807) is 0 Å². The van der Waals surface area contributed by atoms with Crippen molar-refractivity contribution in [3.8, 4) is 0 Å². The molecule has 6 heteroatoms. The third-order valence-corrected chi connectivity index (χ3v) is 8.12.